The molecule has 0 aliphatic heterocycles. The van der Waals surface area contributed by atoms with Crippen molar-refractivity contribution in [3.05, 3.63) is 88.4 Å². The third kappa shape index (κ3) is 6.62. The molecule has 9 heteroatoms. The number of rotatable bonds is 8. The number of benzene rings is 3. The summed E-state index contributed by atoms with van der Waals surface area (Å²) < 4.78 is 32.9. The molecule has 0 spiro atoms. The molecule has 3 aromatic rings. The Morgan fingerprint density at radius 2 is 1.45 bits per heavy atom. The van der Waals surface area contributed by atoms with Crippen LogP contribution >= 0.6 is 23.2 Å². The van der Waals surface area contributed by atoms with Crippen molar-refractivity contribution < 1.29 is 17.9 Å². The molecule has 2 N–H and O–H groups in total. The Morgan fingerprint density at radius 1 is 0.903 bits per heavy atom. The van der Waals surface area contributed by atoms with Gasteiger partial charge in [-0.05, 0) is 73.2 Å². The lowest BCUT2D eigenvalue weighted by molar-refractivity contribution is -0.123. The number of amides is 1. The summed E-state index contributed by atoms with van der Waals surface area (Å²) in [6.45, 7) is 1.65. The number of carbonyl (C=O) groups is 1. The normalized spacial score (nSPS) is 12.1. The van der Waals surface area contributed by atoms with Crippen LogP contribution in [0.3, 0.4) is 0 Å². The molecule has 0 fully saturated rings. The van der Waals surface area contributed by atoms with Crippen LogP contribution in [0.25, 0.3) is 0 Å². The molecule has 0 saturated carbocycles. The topological polar surface area (TPSA) is 84.5 Å². The highest BCUT2D eigenvalue weighted by molar-refractivity contribution is 7.92. The highest BCUT2D eigenvalue weighted by Crippen LogP contribution is 2.21. The maximum absolute atomic E-state index is 12.5. The molecule has 31 heavy (non-hydrogen) atoms. The van der Waals surface area contributed by atoms with Gasteiger partial charge in [-0.2, -0.15) is 0 Å². The smallest absolute Gasteiger partial charge is 0.261 e. The second-order valence-corrected chi connectivity index (χ2v) is 9.27. The van der Waals surface area contributed by atoms with Gasteiger partial charge in [0.25, 0.3) is 15.9 Å². The monoisotopic (exact) mass is 478 g/mol. The molecule has 0 aliphatic rings. The molecular formula is C22H20Cl2N2O4S. The zero-order valence-electron chi connectivity index (χ0n) is 16.5. The summed E-state index contributed by atoms with van der Waals surface area (Å²) in [6, 6.07) is 19.1. The van der Waals surface area contributed by atoms with E-state index in [2.05, 4.69) is 10.0 Å². The molecule has 3 aromatic carbocycles. The zero-order chi connectivity index (χ0) is 22.4. The van der Waals surface area contributed by atoms with Gasteiger partial charge in [0.05, 0.1) is 10.9 Å². The Hall–Kier alpha value is -2.74. The average molecular weight is 479 g/mol. The lowest BCUT2D eigenvalue weighted by Gasteiger charge is -2.15. The van der Waals surface area contributed by atoms with E-state index in [9.17, 15) is 13.2 Å². The van der Waals surface area contributed by atoms with Crippen molar-refractivity contribution in [2.24, 2.45) is 0 Å². The second-order valence-electron chi connectivity index (χ2n) is 6.71. The van der Waals surface area contributed by atoms with Gasteiger partial charge in [-0.15, -0.1) is 0 Å². The Balaban J connectivity index is 1.54. The maximum atomic E-state index is 12.5. The predicted molar refractivity (Wildman–Crippen MR) is 122 cm³/mol. The Morgan fingerprint density at radius 3 is 2.03 bits per heavy atom. The minimum Gasteiger partial charge on any atom is -0.484 e. The van der Waals surface area contributed by atoms with Gasteiger partial charge in [-0.25, -0.2) is 8.42 Å². The van der Waals surface area contributed by atoms with Crippen LogP contribution in [-0.2, 0) is 14.8 Å². The Kier molecular flexibility index (Phi) is 7.43. The van der Waals surface area contributed by atoms with Gasteiger partial charge in [-0.3, -0.25) is 9.52 Å². The minimum absolute atomic E-state index is 0.0654. The minimum atomic E-state index is -3.76. The summed E-state index contributed by atoms with van der Waals surface area (Å²) in [6.07, 6.45) is 0. The van der Waals surface area contributed by atoms with Crippen LogP contribution in [0.2, 0.25) is 10.0 Å². The fourth-order valence-electron chi connectivity index (χ4n) is 2.71. The number of hydrogen-bond donors (Lipinski definition) is 2. The molecule has 0 bridgehead atoms. The summed E-state index contributed by atoms with van der Waals surface area (Å²) in [5.41, 5.74) is 1.32. The summed E-state index contributed by atoms with van der Waals surface area (Å²) in [5, 5.41) is 3.97. The van der Waals surface area contributed by atoms with Crippen LogP contribution in [0.4, 0.5) is 5.69 Å². The molecule has 0 heterocycles. The highest BCUT2D eigenvalue weighted by Gasteiger charge is 2.15. The number of nitrogens with one attached hydrogen (secondary N) is 2. The number of ether oxygens (including phenoxy) is 1. The number of anilines is 1. The molecule has 0 aliphatic carbocycles. The van der Waals surface area contributed by atoms with E-state index in [-0.39, 0.29) is 23.5 Å². The van der Waals surface area contributed by atoms with E-state index < -0.39 is 10.0 Å². The van der Waals surface area contributed by atoms with Gasteiger partial charge in [-0.1, -0.05) is 35.3 Å². The zero-order valence-corrected chi connectivity index (χ0v) is 18.8. The molecule has 162 valence electrons. The third-order valence-corrected chi connectivity index (χ3v) is 6.25. The predicted octanol–water partition coefficient (Wildman–Crippen LogP) is 5.05. The van der Waals surface area contributed by atoms with Crippen LogP contribution in [0.15, 0.2) is 77.7 Å². The SMILES string of the molecule is CC(NC(=O)COc1ccc(S(=O)(=O)Nc2ccc(Cl)cc2)cc1)c1ccc(Cl)cc1. The van der Waals surface area contributed by atoms with E-state index in [0.29, 0.717) is 21.5 Å². The van der Waals surface area contributed by atoms with Crippen molar-refractivity contribution in [1.82, 2.24) is 5.32 Å². The summed E-state index contributed by atoms with van der Waals surface area (Å²) in [4.78, 5) is 12.2. The second kappa shape index (κ2) is 10.0. The molecule has 1 amide bonds. The van der Waals surface area contributed by atoms with Crippen LogP contribution in [0.1, 0.15) is 18.5 Å². The molecule has 1 unspecified atom stereocenters. The fourth-order valence-corrected chi connectivity index (χ4v) is 4.02. The van der Waals surface area contributed by atoms with Crippen LogP contribution in [0.5, 0.6) is 5.75 Å². The first-order valence-electron chi connectivity index (χ1n) is 9.29. The van der Waals surface area contributed by atoms with E-state index in [1.807, 2.05) is 19.1 Å². The van der Waals surface area contributed by atoms with E-state index in [1.165, 1.54) is 24.3 Å². The first kappa shape index (κ1) is 22.9. The summed E-state index contributed by atoms with van der Waals surface area (Å²) in [5.74, 6) is 0.0725. The number of hydrogen-bond acceptors (Lipinski definition) is 4. The van der Waals surface area contributed by atoms with E-state index in [4.69, 9.17) is 27.9 Å². The van der Waals surface area contributed by atoms with Crippen molar-refractivity contribution in [2.45, 2.75) is 17.9 Å². The van der Waals surface area contributed by atoms with Crippen molar-refractivity contribution in [1.29, 1.82) is 0 Å². The van der Waals surface area contributed by atoms with E-state index >= 15 is 0 Å². The van der Waals surface area contributed by atoms with Gasteiger partial charge in [0.1, 0.15) is 5.75 Å². The Labute approximate surface area is 191 Å². The third-order valence-electron chi connectivity index (χ3n) is 4.35. The molecule has 3 rings (SSSR count). The van der Waals surface area contributed by atoms with Crippen LogP contribution in [0, 0.1) is 0 Å². The number of sulfonamides is 1. The quantitative estimate of drug-likeness (QED) is 0.474. The molecule has 0 saturated heterocycles. The molecule has 6 nitrogen and oxygen atoms in total. The van der Waals surface area contributed by atoms with Gasteiger partial charge in [0.15, 0.2) is 6.61 Å². The Bertz CT molecular complexity index is 1130. The van der Waals surface area contributed by atoms with Crippen molar-refractivity contribution in [3.8, 4) is 5.75 Å². The number of halogens is 2. The largest absolute Gasteiger partial charge is 0.484 e. The van der Waals surface area contributed by atoms with Gasteiger partial charge in [0.2, 0.25) is 0 Å². The lowest BCUT2D eigenvalue weighted by Crippen LogP contribution is -2.31. The van der Waals surface area contributed by atoms with Gasteiger partial charge in [0, 0.05) is 15.7 Å². The molecular weight excluding hydrogens is 459 g/mol. The van der Waals surface area contributed by atoms with Crippen LogP contribution < -0.4 is 14.8 Å². The average Bonchev–Trinajstić information content (AvgIpc) is 2.74. The molecule has 0 radical (unpaired) electrons. The maximum Gasteiger partial charge on any atom is 0.261 e. The van der Waals surface area contributed by atoms with Gasteiger partial charge < -0.3 is 10.1 Å². The highest BCUT2D eigenvalue weighted by atomic mass is 35.5. The van der Waals surface area contributed by atoms with E-state index in [1.54, 1.807) is 36.4 Å². The lowest BCUT2D eigenvalue weighted by atomic mass is 10.1. The first-order chi connectivity index (χ1) is 14.7. The molecule has 1 atom stereocenters. The van der Waals surface area contributed by atoms with Crippen molar-refractivity contribution in [3.63, 3.8) is 0 Å². The van der Waals surface area contributed by atoms with Crippen molar-refractivity contribution in [2.75, 3.05) is 11.3 Å². The number of carbonyl (C=O) groups excluding carboxylic acids is 1. The summed E-state index contributed by atoms with van der Waals surface area (Å²) in [7, 11) is -3.76. The first-order valence-corrected chi connectivity index (χ1v) is 11.5. The van der Waals surface area contributed by atoms with Crippen LogP contribution in [-0.4, -0.2) is 20.9 Å². The molecule has 0 aromatic heterocycles. The van der Waals surface area contributed by atoms with E-state index in [0.717, 1.165) is 5.56 Å². The standard InChI is InChI=1S/C22H20Cl2N2O4S/c1-15(16-2-4-17(23)5-3-16)25-22(27)14-30-20-10-12-21(13-11-20)31(28,29)26-19-8-6-18(24)7-9-19/h2-13,15,26H,14H2,1H3,(H,25,27). The van der Waals surface area contributed by atoms with Crippen molar-refractivity contribution >= 4 is 44.8 Å². The van der Waals surface area contributed by atoms with Gasteiger partial charge >= 0.3 is 0 Å². The fraction of sp³-hybridized carbons (Fsp3) is 0.136. The summed E-state index contributed by atoms with van der Waals surface area (Å²) >= 11 is 11.7.